The number of ether oxygens (including phenoxy) is 2. The lowest BCUT2D eigenvalue weighted by Gasteiger charge is -2.08. The van der Waals surface area contributed by atoms with E-state index in [0.717, 1.165) is 26.1 Å². The minimum atomic E-state index is -0.601. The van der Waals surface area contributed by atoms with Crippen LogP contribution in [0.25, 0.3) is 0 Å². The van der Waals surface area contributed by atoms with Crippen LogP contribution in [0.2, 0.25) is 0 Å². The van der Waals surface area contributed by atoms with Gasteiger partial charge >= 0.3 is 0 Å². The highest BCUT2D eigenvalue weighted by atomic mass is 16.6. The number of hydrogen-bond donors (Lipinski definition) is 1. The third-order valence-corrected chi connectivity index (χ3v) is 1.44. The molecule has 3 heteroatoms. The molecule has 0 heterocycles. The standard InChI is InChI=1S/C9H20O3/c1-3-6-11-7-5-8-12-9(10)4-2/h9-10H,3-8H2,1-2H3. The van der Waals surface area contributed by atoms with Gasteiger partial charge in [0.05, 0.1) is 6.61 Å². The van der Waals surface area contributed by atoms with E-state index in [-0.39, 0.29) is 0 Å². The normalized spacial score (nSPS) is 13.2. The number of aliphatic hydroxyl groups excluding tert-OH is 1. The van der Waals surface area contributed by atoms with Gasteiger partial charge in [0, 0.05) is 13.2 Å². The molecule has 0 aliphatic rings. The van der Waals surface area contributed by atoms with E-state index in [1.54, 1.807) is 0 Å². The predicted molar refractivity (Wildman–Crippen MR) is 48.0 cm³/mol. The fourth-order valence-electron chi connectivity index (χ4n) is 0.745. The van der Waals surface area contributed by atoms with E-state index in [1.165, 1.54) is 0 Å². The molecule has 0 saturated heterocycles. The summed E-state index contributed by atoms with van der Waals surface area (Å²) < 4.78 is 10.3. The molecule has 1 atom stereocenters. The van der Waals surface area contributed by atoms with Gasteiger partial charge < -0.3 is 14.6 Å². The van der Waals surface area contributed by atoms with Gasteiger partial charge in [-0.25, -0.2) is 0 Å². The molecule has 1 unspecified atom stereocenters. The molecule has 12 heavy (non-hydrogen) atoms. The first-order chi connectivity index (χ1) is 5.81. The summed E-state index contributed by atoms with van der Waals surface area (Å²) >= 11 is 0. The topological polar surface area (TPSA) is 38.7 Å². The second-order valence-electron chi connectivity index (χ2n) is 2.70. The summed E-state index contributed by atoms with van der Waals surface area (Å²) in [6.45, 7) is 6.09. The van der Waals surface area contributed by atoms with Crippen molar-refractivity contribution < 1.29 is 14.6 Å². The molecule has 0 rings (SSSR count). The van der Waals surface area contributed by atoms with Crippen LogP contribution in [0, 0.1) is 0 Å². The molecule has 0 radical (unpaired) electrons. The van der Waals surface area contributed by atoms with Gasteiger partial charge in [-0.05, 0) is 19.3 Å². The summed E-state index contributed by atoms with van der Waals surface area (Å²) in [5, 5.41) is 9.00. The van der Waals surface area contributed by atoms with Gasteiger partial charge in [-0.2, -0.15) is 0 Å². The summed E-state index contributed by atoms with van der Waals surface area (Å²) in [7, 11) is 0. The highest BCUT2D eigenvalue weighted by molar-refractivity contribution is 4.38. The van der Waals surface area contributed by atoms with Gasteiger partial charge in [0.25, 0.3) is 0 Å². The maximum Gasteiger partial charge on any atom is 0.154 e. The Kier molecular flexibility index (Phi) is 8.88. The summed E-state index contributed by atoms with van der Waals surface area (Å²) in [5.74, 6) is 0. The largest absolute Gasteiger partial charge is 0.381 e. The van der Waals surface area contributed by atoms with Crippen molar-refractivity contribution >= 4 is 0 Å². The van der Waals surface area contributed by atoms with Gasteiger partial charge in [0.1, 0.15) is 0 Å². The second-order valence-corrected chi connectivity index (χ2v) is 2.70. The Morgan fingerprint density at radius 3 is 2.50 bits per heavy atom. The van der Waals surface area contributed by atoms with Crippen LogP contribution in [0.5, 0.6) is 0 Å². The molecule has 3 nitrogen and oxygen atoms in total. The lowest BCUT2D eigenvalue weighted by Crippen LogP contribution is -2.12. The van der Waals surface area contributed by atoms with E-state index in [4.69, 9.17) is 14.6 Å². The zero-order valence-electron chi connectivity index (χ0n) is 8.08. The Morgan fingerprint density at radius 2 is 1.92 bits per heavy atom. The molecule has 0 amide bonds. The third kappa shape index (κ3) is 7.98. The minimum Gasteiger partial charge on any atom is -0.381 e. The number of hydrogen-bond acceptors (Lipinski definition) is 3. The van der Waals surface area contributed by atoms with Crippen molar-refractivity contribution in [3.63, 3.8) is 0 Å². The van der Waals surface area contributed by atoms with Crippen LogP contribution in [0.3, 0.4) is 0 Å². The van der Waals surface area contributed by atoms with E-state index in [1.807, 2.05) is 6.92 Å². The summed E-state index contributed by atoms with van der Waals surface area (Å²) in [5.41, 5.74) is 0. The smallest absolute Gasteiger partial charge is 0.154 e. The molecule has 0 aromatic carbocycles. The van der Waals surface area contributed by atoms with Gasteiger partial charge in [-0.3, -0.25) is 0 Å². The van der Waals surface area contributed by atoms with Crippen LogP contribution >= 0.6 is 0 Å². The highest BCUT2D eigenvalue weighted by Crippen LogP contribution is 1.94. The first-order valence-electron chi connectivity index (χ1n) is 4.68. The molecule has 0 aliphatic carbocycles. The van der Waals surface area contributed by atoms with Crippen LogP contribution in [0.4, 0.5) is 0 Å². The molecule has 0 saturated carbocycles. The van der Waals surface area contributed by atoms with Crippen molar-refractivity contribution in [2.45, 2.75) is 39.4 Å². The van der Waals surface area contributed by atoms with Crippen molar-refractivity contribution in [3.05, 3.63) is 0 Å². The van der Waals surface area contributed by atoms with Crippen LogP contribution in [0.15, 0.2) is 0 Å². The number of aliphatic hydroxyl groups is 1. The van der Waals surface area contributed by atoms with Crippen molar-refractivity contribution in [3.8, 4) is 0 Å². The van der Waals surface area contributed by atoms with Crippen LogP contribution < -0.4 is 0 Å². The Balaban J connectivity index is 2.90. The monoisotopic (exact) mass is 176 g/mol. The summed E-state index contributed by atoms with van der Waals surface area (Å²) in [4.78, 5) is 0. The Bertz CT molecular complexity index is 85.8. The molecular formula is C9H20O3. The SMILES string of the molecule is CCCOCCCOC(O)CC. The minimum absolute atomic E-state index is 0.582. The lowest BCUT2D eigenvalue weighted by molar-refractivity contribution is -0.103. The molecule has 1 N–H and O–H groups in total. The van der Waals surface area contributed by atoms with E-state index in [0.29, 0.717) is 13.0 Å². The maximum atomic E-state index is 9.00. The predicted octanol–water partition coefficient (Wildman–Crippen LogP) is 1.55. The maximum absolute atomic E-state index is 9.00. The quantitative estimate of drug-likeness (QED) is 0.450. The van der Waals surface area contributed by atoms with Crippen LogP contribution in [-0.4, -0.2) is 31.2 Å². The highest BCUT2D eigenvalue weighted by Gasteiger charge is 1.98. The fraction of sp³-hybridized carbons (Fsp3) is 1.00. The molecule has 0 bridgehead atoms. The zero-order chi connectivity index (χ0) is 9.23. The molecule has 0 spiro atoms. The van der Waals surface area contributed by atoms with Gasteiger partial charge in [-0.15, -0.1) is 0 Å². The van der Waals surface area contributed by atoms with Crippen molar-refractivity contribution in [2.24, 2.45) is 0 Å². The second kappa shape index (κ2) is 8.97. The average molecular weight is 176 g/mol. The molecule has 0 aliphatic heterocycles. The van der Waals surface area contributed by atoms with E-state index >= 15 is 0 Å². The third-order valence-electron chi connectivity index (χ3n) is 1.44. The van der Waals surface area contributed by atoms with Crippen LogP contribution in [0.1, 0.15) is 33.1 Å². The Hall–Kier alpha value is -0.120. The van der Waals surface area contributed by atoms with Crippen molar-refractivity contribution in [2.75, 3.05) is 19.8 Å². The Morgan fingerprint density at radius 1 is 1.17 bits per heavy atom. The van der Waals surface area contributed by atoms with Gasteiger partial charge in [-0.1, -0.05) is 13.8 Å². The molecule has 0 fully saturated rings. The molecular weight excluding hydrogens is 156 g/mol. The summed E-state index contributed by atoms with van der Waals surface area (Å²) in [6, 6.07) is 0. The molecule has 74 valence electrons. The number of rotatable bonds is 8. The van der Waals surface area contributed by atoms with E-state index < -0.39 is 6.29 Å². The average Bonchev–Trinajstić information content (AvgIpc) is 2.10. The van der Waals surface area contributed by atoms with Gasteiger partial charge in [0.2, 0.25) is 0 Å². The van der Waals surface area contributed by atoms with Crippen molar-refractivity contribution in [1.82, 2.24) is 0 Å². The Labute approximate surface area is 74.7 Å². The van der Waals surface area contributed by atoms with Crippen LogP contribution in [-0.2, 0) is 9.47 Å². The lowest BCUT2D eigenvalue weighted by atomic mass is 10.4. The van der Waals surface area contributed by atoms with E-state index in [2.05, 4.69) is 6.92 Å². The molecule has 0 aromatic heterocycles. The first kappa shape index (κ1) is 11.9. The molecule has 0 aromatic rings. The first-order valence-corrected chi connectivity index (χ1v) is 4.68. The van der Waals surface area contributed by atoms with Crippen molar-refractivity contribution in [1.29, 1.82) is 0 Å². The van der Waals surface area contributed by atoms with E-state index in [9.17, 15) is 0 Å². The zero-order valence-corrected chi connectivity index (χ0v) is 8.08. The fourth-order valence-corrected chi connectivity index (χ4v) is 0.745. The summed E-state index contributed by atoms with van der Waals surface area (Å²) in [6.07, 6.45) is 1.96. The van der Waals surface area contributed by atoms with Gasteiger partial charge in [0.15, 0.2) is 6.29 Å².